The standard InChI is InChI=1S/C13H24O/c1-4-6-7-9-13(5-2)11-12(3)8-10-14-13/h3-11H2,1-2H3. The molecule has 14 heavy (non-hydrogen) atoms. The van der Waals surface area contributed by atoms with Gasteiger partial charge in [0.2, 0.25) is 0 Å². The monoisotopic (exact) mass is 196 g/mol. The zero-order valence-corrected chi connectivity index (χ0v) is 9.77. The molecule has 1 heteroatoms. The van der Waals surface area contributed by atoms with Crippen LogP contribution in [0.25, 0.3) is 0 Å². The van der Waals surface area contributed by atoms with Crippen LogP contribution in [0.15, 0.2) is 12.2 Å². The number of unbranched alkanes of at least 4 members (excludes halogenated alkanes) is 2. The topological polar surface area (TPSA) is 9.23 Å². The Morgan fingerprint density at radius 1 is 1.36 bits per heavy atom. The lowest BCUT2D eigenvalue weighted by atomic mass is 9.84. The molecule has 0 aromatic heterocycles. The SMILES string of the molecule is C=C1CCOC(CC)(CCCCC)C1. The van der Waals surface area contributed by atoms with Crippen molar-refractivity contribution in [3.05, 3.63) is 12.2 Å². The molecule has 1 unspecified atom stereocenters. The molecule has 0 aromatic carbocycles. The molecule has 1 saturated heterocycles. The second kappa shape index (κ2) is 5.55. The van der Waals surface area contributed by atoms with Crippen LogP contribution in [0, 0.1) is 0 Å². The van der Waals surface area contributed by atoms with E-state index in [-0.39, 0.29) is 5.60 Å². The highest BCUT2D eigenvalue weighted by Gasteiger charge is 2.31. The molecule has 0 bridgehead atoms. The number of rotatable bonds is 5. The van der Waals surface area contributed by atoms with Crippen LogP contribution in [0.5, 0.6) is 0 Å². The van der Waals surface area contributed by atoms with Gasteiger partial charge in [-0.25, -0.2) is 0 Å². The summed E-state index contributed by atoms with van der Waals surface area (Å²) in [6, 6.07) is 0. The van der Waals surface area contributed by atoms with Crippen LogP contribution in [-0.2, 0) is 4.74 Å². The van der Waals surface area contributed by atoms with Gasteiger partial charge in [-0.3, -0.25) is 0 Å². The van der Waals surface area contributed by atoms with E-state index in [0.29, 0.717) is 0 Å². The van der Waals surface area contributed by atoms with E-state index in [0.717, 1.165) is 25.9 Å². The third kappa shape index (κ3) is 3.13. The van der Waals surface area contributed by atoms with E-state index in [9.17, 15) is 0 Å². The second-order valence-electron chi connectivity index (χ2n) is 4.52. The van der Waals surface area contributed by atoms with E-state index in [1.54, 1.807) is 0 Å². The summed E-state index contributed by atoms with van der Waals surface area (Å²) in [7, 11) is 0. The summed E-state index contributed by atoms with van der Waals surface area (Å²) < 4.78 is 5.97. The van der Waals surface area contributed by atoms with Crippen molar-refractivity contribution in [3.8, 4) is 0 Å². The Labute approximate surface area is 88.5 Å². The van der Waals surface area contributed by atoms with Gasteiger partial charge in [-0.15, -0.1) is 0 Å². The molecule has 0 N–H and O–H groups in total. The van der Waals surface area contributed by atoms with Crippen molar-refractivity contribution in [1.82, 2.24) is 0 Å². The Hall–Kier alpha value is -0.300. The van der Waals surface area contributed by atoms with Crippen LogP contribution in [0.1, 0.15) is 58.8 Å². The molecule has 0 aliphatic carbocycles. The third-order valence-corrected chi connectivity index (χ3v) is 3.32. The van der Waals surface area contributed by atoms with Gasteiger partial charge in [-0.2, -0.15) is 0 Å². The molecule has 1 nitrogen and oxygen atoms in total. The molecule has 0 amide bonds. The molecule has 1 aliphatic rings. The first-order valence-corrected chi connectivity index (χ1v) is 6.03. The zero-order chi connectivity index (χ0) is 10.4. The summed E-state index contributed by atoms with van der Waals surface area (Å²) in [5.74, 6) is 0. The Bertz CT molecular complexity index is 186. The summed E-state index contributed by atoms with van der Waals surface area (Å²) in [4.78, 5) is 0. The summed E-state index contributed by atoms with van der Waals surface area (Å²) in [5.41, 5.74) is 1.53. The molecule has 0 radical (unpaired) electrons. The maximum atomic E-state index is 5.97. The molecule has 1 atom stereocenters. The van der Waals surface area contributed by atoms with Crippen molar-refractivity contribution >= 4 is 0 Å². The highest BCUT2D eigenvalue weighted by atomic mass is 16.5. The average Bonchev–Trinajstić information content (AvgIpc) is 2.18. The minimum atomic E-state index is 0.143. The van der Waals surface area contributed by atoms with Gasteiger partial charge in [-0.05, 0) is 25.7 Å². The molecule has 1 fully saturated rings. The smallest absolute Gasteiger partial charge is 0.0716 e. The Morgan fingerprint density at radius 2 is 2.14 bits per heavy atom. The highest BCUT2D eigenvalue weighted by Crippen LogP contribution is 2.35. The van der Waals surface area contributed by atoms with Gasteiger partial charge in [0.15, 0.2) is 0 Å². The van der Waals surface area contributed by atoms with Gasteiger partial charge in [-0.1, -0.05) is 45.3 Å². The van der Waals surface area contributed by atoms with E-state index in [1.807, 2.05) is 0 Å². The largest absolute Gasteiger partial charge is 0.374 e. The fraction of sp³-hybridized carbons (Fsp3) is 0.846. The number of hydrogen-bond donors (Lipinski definition) is 0. The quantitative estimate of drug-likeness (QED) is 0.475. The van der Waals surface area contributed by atoms with Crippen molar-refractivity contribution in [2.45, 2.75) is 64.4 Å². The lowest BCUT2D eigenvalue weighted by molar-refractivity contribution is -0.0705. The van der Waals surface area contributed by atoms with Crippen molar-refractivity contribution in [2.75, 3.05) is 6.61 Å². The van der Waals surface area contributed by atoms with Gasteiger partial charge < -0.3 is 4.74 Å². The molecule has 82 valence electrons. The average molecular weight is 196 g/mol. The van der Waals surface area contributed by atoms with Crippen molar-refractivity contribution in [1.29, 1.82) is 0 Å². The fourth-order valence-electron chi connectivity index (χ4n) is 2.27. The van der Waals surface area contributed by atoms with Crippen molar-refractivity contribution in [3.63, 3.8) is 0 Å². The van der Waals surface area contributed by atoms with Crippen LogP contribution in [0.3, 0.4) is 0 Å². The first-order valence-electron chi connectivity index (χ1n) is 6.03. The predicted molar refractivity (Wildman–Crippen MR) is 61.5 cm³/mol. The van der Waals surface area contributed by atoms with Crippen molar-refractivity contribution in [2.24, 2.45) is 0 Å². The molecule has 0 saturated carbocycles. The summed E-state index contributed by atoms with van der Waals surface area (Å²) >= 11 is 0. The highest BCUT2D eigenvalue weighted by molar-refractivity contribution is 5.04. The van der Waals surface area contributed by atoms with Crippen LogP contribution in [0.2, 0.25) is 0 Å². The molecule has 1 heterocycles. The van der Waals surface area contributed by atoms with Crippen molar-refractivity contribution < 1.29 is 4.74 Å². The first kappa shape index (κ1) is 11.8. The summed E-state index contributed by atoms with van der Waals surface area (Å²) in [5, 5.41) is 0. The van der Waals surface area contributed by atoms with E-state index in [2.05, 4.69) is 20.4 Å². The fourth-order valence-corrected chi connectivity index (χ4v) is 2.27. The first-order chi connectivity index (χ1) is 6.72. The lowest BCUT2D eigenvalue weighted by Crippen LogP contribution is -2.36. The van der Waals surface area contributed by atoms with Gasteiger partial charge in [0.05, 0.1) is 12.2 Å². The van der Waals surface area contributed by atoms with E-state index in [1.165, 1.54) is 31.3 Å². The van der Waals surface area contributed by atoms with E-state index < -0.39 is 0 Å². The maximum absolute atomic E-state index is 5.97. The number of ether oxygens (including phenoxy) is 1. The molecule has 1 aliphatic heterocycles. The normalized spacial score (nSPS) is 28.0. The Kier molecular flexibility index (Phi) is 4.67. The van der Waals surface area contributed by atoms with Gasteiger partial charge in [0.25, 0.3) is 0 Å². The second-order valence-corrected chi connectivity index (χ2v) is 4.52. The van der Waals surface area contributed by atoms with Gasteiger partial charge in [0.1, 0.15) is 0 Å². The maximum Gasteiger partial charge on any atom is 0.0716 e. The number of hydrogen-bond acceptors (Lipinski definition) is 1. The Balaban J connectivity index is 2.43. The lowest BCUT2D eigenvalue weighted by Gasteiger charge is -2.38. The molecular formula is C13H24O. The molecular weight excluding hydrogens is 172 g/mol. The van der Waals surface area contributed by atoms with Gasteiger partial charge in [0, 0.05) is 0 Å². The minimum Gasteiger partial charge on any atom is -0.374 e. The summed E-state index contributed by atoms with van der Waals surface area (Å²) in [6.45, 7) is 9.48. The van der Waals surface area contributed by atoms with E-state index >= 15 is 0 Å². The van der Waals surface area contributed by atoms with Crippen LogP contribution < -0.4 is 0 Å². The minimum absolute atomic E-state index is 0.143. The zero-order valence-electron chi connectivity index (χ0n) is 9.77. The molecule has 1 rings (SSSR count). The van der Waals surface area contributed by atoms with E-state index in [4.69, 9.17) is 4.74 Å². The molecule has 0 spiro atoms. The molecule has 0 aromatic rings. The summed E-state index contributed by atoms with van der Waals surface area (Å²) in [6.07, 6.45) is 8.44. The Morgan fingerprint density at radius 3 is 2.71 bits per heavy atom. The third-order valence-electron chi connectivity index (χ3n) is 3.32. The van der Waals surface area contributed by atoms with Gasteiger partial charge >= 0.3 is 0 Å². The van der Waals surface area contributed by atoms with Crippen LogP contribution in [0.4, 0.5) is 0 Å². The predicted octanol–water partition coefficient (Wildman–Crippen LogP) is 4.08. The van der Waals surface area contributed by atoms with Crippen LogP contribution >= 0.6 is 0 Å². The van der Waals surface area contributed by atoms with Crippen LogP contribution in [-0.4, -0.2) is 12.2 Å².